The summed E-state index contributed by atoms with van der Waals surface area (Å²) < 4.78 is 5.28. The molecule has 1 fully saturated rings. The summed E-state index contributed by atoms with van der Waals surface area (Å²) in [5.41, 5.74) is -0.457. The van der Waals surface area contributed by atoms with Crippen LogP contribution >= 0.6 is 0 Å². The van der Waals surface area contributed by atoms with Gasteiger partial charge in [0.05, 0.1) is 0 Å². The molecule has 0 aromatic carbocycles. The third-order valence-corrected chi connectivity index (χ3v) is 3.81. The van der Waals surface area contributed by atoms with Crippen molar-refractivity contribution in [2.45, 2.75) is 83.9 Å². The lowest BCUT2D eigenvalue weighted by atomic mass is 9.91. The van der Waals surface area contributed by atoms with Crippen molar-refractivity contribution in [3.05, 3.63) is 0 Å². The average molecular weight is 327 g/mol. The molecule has 0 heterocycles. The second kappa shape index (κ2) is 9.75. The second-order valence-corrected chi connectivity index (χ2v) is 7.25. The van der Waals surface area contributed by atoms with Crippen LogP contribution < -0.4 is 16.0 Å². The van der Waals surface area contributed by atoms with Crippen molar-refractivity contribution in [1.82, 2.24) is 16.0 Å². The first kappa shape index (κ1) is 19.7. The summed E-state index contributed by atoms with van der Waals surface area (Å²) in [4.78, 5) is 23.3. The minimum absolute atomic E-state index is 0.111. The lowest BCUT2D eigenvalue weighted by Crippen LogP contribution is -2.44. The Labute approximate surface area is 140 Å². The van der Waals surface area contributed by atoms with E-state index in [0.29, 0.717) is 19.0 Å². The first-order chi connectivity index (χ1) is 10.8. The van der Waals surface area contributed by atoms with Crippen LogP contribution in [0, 0.1) is 0 Å². The van der Waals surface area contributed by atoms with Crippen LogP contribution in [0.3, 0.4) is 0 Å². The first-order valence-electron chi connectivity index (χ1n) is 8.79. The Morgan fingerprint density at radius 2 is 1.65 bits per heavy atom. The molecule has 1 aliphatic carbocycles. The molecule has 0 unspecified atom stereocenters. The number of hydrogen-bond donors (Lipinski definition) is 3. The minimum Gasteiger partial charge on any atom is -0.444 e. The standard InChI is InChI=1S/C17H33N3O3/c1-5-11-19-15(21)10-12-18-13-6-8-14(9-7-13)20-16(22)23-17(2,3)4/h13-14,18H,5-12H2,1-4H3,(H,19,21)(H,20,22). The number of alkyl carbamates (subject to hydrolysis) is 1. The van der Waals surface area contributed by atoms with E-state index in [2.05, 4.69) is 16.0 Å². The predicted octanol–water partition coefficient (Wildman–Crippen LogP) is 2.33. The SMILES string of the molecule is CCCNC(=O)CCNC1CCC(NC(=O)OC(C)(C)C)CC1. The molecule has 3 N–H and O–H groups in total. The van der Waals surface area contributed by atoms with Gasteiger partial charge in [-0.2, -0.15) is 0 Å². The van der Waals surface area contributed by atoms with Crippen molar-refractivity contribution in [1.29, 1.82) is 0 Å². The smallest absolute Gasteiger partial charge is 0.407 e. The van der Waals surface area contributed by atoms with Crippen LogP contribution in [0.5, 0.6) is 0 Å². The van der Waals surface area contributed by atoms with Gasteiger partial charge >= 0.3 is 6.09 Å². The lowest BCUT2D eigenvalue weighted by molar-refractivity contribution is -0.121. The van der Waals surface area contributed by atoms with E-state index in [4.69, 9.17) is 4.74 Å². The van der Waals surface area contributed by atoms with Gasteiger partial charge in [0.25, 0.3) is 0 Å². The Morgan fingerprint density at radius 3 is 2.22 bits per heavy atom. The van der Waals surface area contributed by atoms with Crippen LogP contribution in [0.4, 0.5) is 4.79 Å². The largest absolute Gasteiger partial charge is 0.444 e. The maximum Gasteiger partial charge on any atom is 0.407 e. The van der Waals surface area contributed by atoms with Crippen LogP contribution in [0.1, 0.15) is 66.2 Å². The van der Waals surface area contributed by atoms with E-state index in [-0.39, 0.29) is 18.0 Å². The van der Waals surface area contributed by atoms with Gasteiger partial charge in [-0.15, -0.1) is 0 Å². The lowest BCUT2D eigenvalue weighted by Gasteiger charge is -2.30. The maximum absolute atomic E-state index is 11.7. The average Bonchev–Trinajstić information content (AvgIpc) is 2.45. The zero-order valence-electron chi connectivity index (χ0n) is 15.0. The van der Waals surface area contributed by atoms with Gasteiger partial charge in [0.2, 0.25) is 5.91 Å². The van der Waals surface area contributed by atoms with Gasteiger partial charge in [0.1, 0.15) is 5.60 Å². The highest BCUT2D eigenvalue weighted by atomic mass is 16.6. The van der Waals surface area contributed by atoms with Gasteiger partial charge in [0, 0.05) is 31.6 Å². The molecular formula is C17H33N3O3. The van der Waals surface area contributed by atoms with E-state index >= 15 is 0 Å². The van der Waals surface area contributed by atoms with Gasteiger partial charge in [-0.3, -0.25) is 4.79 Å². The summed E-state index contributed by atoms with van der Waals surface area (Å²) in [5.74, 6) is 0.111. The molecule has 0 atom stereocenters. The van der Waals surface area contributed by atoms with Crippen LogP contribution in [-0.2, 0) is 9.53 Å². The third-order valence-electron chi connectivity index (χ3n) is 3.81. The molecule has 0 spiro atoms. The first-order valence-corrected chi connectivity index (χ1v) is 8.79. The van der Waals surface area contributed by atoms with Gasteiger partial charge in [-0.25, -0.2) is 4.79 Å². The van der Waals surface area contributed by atoms with Crippen molar-refractivity contribution in [3.63, 3.8) is 0 Å². The van der Waals surface area contributed by atoms with Crippen LogP contribution in [0.2, 0.25) is 0 Å². The quantitative estimate of drug-likeness (QED) is 0.670. The molecule has 1 rings (SSSR count). The Morgan fingerprint density at radius 1 is 1.04 bits per heavy atom. The molecule has 1 saturated carbocycles. The van der Waals surface area contributed by atoms with Crippen molar-refractivity contribution in [3.8, 4) is 0 Å². The van der Waals surface area contributed by atoms with Crippen molar-refractivity contribution in [2.24, 2.45) is 0 Å². The number of amides is 2. The van der Waals surface area contributed by atoms with E-state index in [0.717, 1.165) is 38.6 Å². The van der Waals surface area contributed by atoms with Gasteiger partial charge < -0.3 is 20.7 Å². The Balaban J connectivity index is 2.13. The number of carbonyl (C=O) groups is 2. The molecule has 0 bridgehead atoms. The zero-order chi connectivity index (χ0) is 17.3. The normalized spacial score (nSPS) is 21.6. The van der Waals surface area contributed by atoms with Gasteiger partial charge in [-0.1, -0.05) is 6.92 Å². The number of carbonyl (C=O) groups excluding carboxylic acids is 2. The molecule has 23 heavy (non-hydrogen) atoms. The number of rotatable bonds is 7. The molecule has 6 nitrogen and oxygen atoms in total. The fourth-order valence-corrected chi connectivity index (χ4v) is 2.66. The summed E-state index contributed by atoms with van der Waals surface area (Å²) in [5, 5.41) is 9.25. The number of ether oxygens (including phenoxy) is 1. The third kappa shape index (κ3) is 9.43. The summed E-state index contributed by atoms with van der Waals surface area (Å²) in [6.07, 6.45) is 5.07. The highest BCUT2D eigenvalue weighted by Crippen LogP contribution is 2.19. The molecule has 0 aromatic rings. The van der Waals surface area contributed by atoms with Crippen molar-refractivity contribution >= 4 is 12.0 Å². The summed E-state index contributed by atoms with van der Waals surface area (Å²) >= 11 is 0. The second-order valence-electron chi connectivity index (χ2n) is 7.25. The van der Waals surface area contributed by atoms with Crippen molar-refractivity contribution < 1.29 is 14.3 Å². The van der Waals surface area contributed by atoms with Crippen LogP contribution in [-0.4, -0.2) is 42.8 Å². The van der Waals surface area contributed by atoms with Gasteiger partial charge in [0.15, 0.2) is 0 Å². The zero-order valence-corrected chi connectivity index (χ0v) is 15.0. The molecule has 134 valence electrons. The van der Waals surface area contributed by atoms with Crippen LogP contribution in [0.25, 0.3) is 0 Å². The Hall–Kier alpha value is -1.30. The molecule has 0 aromatic heterocycles. The van der Waals surface area contributed by atoms with E-state index in [1.807, 2.05) is 27.7 Å². The summed E-state index contributed by atoms with van der Waals surface area (Å²) in [6, 6.07) is 0.626. The molecular weight excluding hydrogens is 294 g/mol. The highest BCUT2D eigenvalue weighted by molar-refractivity contribution is 5.76. The monoisotopic (exact) mass is 327 g/mol. The minimum atomic E-state index is -0.457. The summed E-state index contributed by atoms with van der Waals surface area (Å²) in [7, 11) is 0. The molecule has 0 aliphatic heterocycles. The van der Waals surface area contributed by atoms with E-state index in [1.54, 1.807) is 0 Å². The molecule has 1 aliphatic rings. The van der Waals surface area contributed by atoms with E-state index in [9.17, 15) is 9.59 Å². The van der Waals surface area contributed by atoms with Gasteiger partial charge in [-0.05, 0) is 52.9 Å². The maximum atomic E-state index is 11.7. The molecule has 2 amide bonds. The predicted molar refractivity (Wildman–Crippen MR) is 91.3 cm³/mol. The van der Waals surface area contributed by atoms with Crippen molar-refractivity contribution in [2.75, 3.05) is 13.1 Å². The summed E-state index contributed by atoms with van der Waals surface area (Å²) in [6.45, 7) is 9.10. The molecule has 6 heteroatoms. The van der Waals surface area contributed by atoms with Crippen LogP contribution in [0.15, 0.2) is 0 Å². The highest BCUT2D eigenvalue weighted by Gasteiger charge is 2.24. The van der Waals surface area contributed by atoms with E-state index < -0.39 is 5.60 Å². The Bertz CT molecular complexity index is 372. The molecule has 0 saturated heterocycles. The number of hydrogen-bond acceptors (Lipinski definition) is 4. The number of nitrogens with one attached hydrogen (secondary N) is 3. The van der Waals surface area contributed by atoms with E-state index in [1.165, 1.54) is 0 Å². The fourth-order valence-electron chi connectivity index (χ4n) is 2.66. The topological polar surface area (TPSA) is 79.5 Å². The fraction of sp³-hybridized carbons (Fsp3) is 0.882. The molecule has 0 radical (unpaired) electrons. The Kier molecular flexibility index (Phi) is 8.37.